The average Bonchev–Trinajstić information content (AvgIpc) is 2.14. The predicted molar refractivity (Wildman–Crippen MR) is 36.5 cm³/mol. The van der Waals surface area contributed by atoms with Crippen LogP contribution in [0.15, 0.2) is 0 Å². The van der Waals surface area contributed by atoms with Gasteiger partial charge in [-0.1, -0.05) is 32.1 Å². The molecule has 1 saturated carbocycles. The van der Waals surface area contributed by atoms with Gasteiger partial charge in [0.2, 0.25) is 0 Å². The monoisotopic (exact) mass is 175 g/mol. The molecule has 0 radical (unpaired) electrons. The molecule has 0 nitrogen and oxygen atoms in total. The van der Waals surface area contributed by atoms with Gasteiger partial charge in [-0.2, -0.15) is 12.8 Å². The van der Waals surface area contributed by atoms with Crippen LogP contribution < -0.4 is 0 Å². The van der Waals surface area contributed by atoms with Gasteiger partial charge < -0.3 is 6.42 Å². The van der Waals surface area contributed by atoms with Gasteiger partial charge in [-0.3, -0.25) is 0 Å². The van der Waals surface area contributed by atoms with Crippen molar-refractivity contribution in [3.63, 3.8) is 0 Å². The van der Waals surface area contributed by atoms with Gasteiger partial charge in [-0.25, -0.2) is 0 Å². The predicted octanol–water partition coefficient (Wildman–Crippen LogP) is 2.64. The molecule has 1 aliphatic rings. The van der Waals surface area contributed by atoms with Crippen LogP contribution in [0.4, 0.5) is 0 Å². The second-order valence-corrected chi connectivity index (χ2v) is 2.91. The first kappa shape index (κ1) is 9.62. The molecule has 9 heavy (non-hydrogen) atoms. The summed E-state index contributed by atoms with van der Waals surface area (Å²) < 4.78 is 0. The Morgan fingerprint density at radius 3 is 2.22 bits per heavy atom. The van der Waals surface area contributed by atoms with Gasteiger partial charge in [0.15, 0.2) is 0 Å². The summed E-state index contributed by atoms with van der Waals surface area (Å²) in [7, 11) is 0. The minimum Gasteiger partial charge on any atom is -0.328 e. The van der Waals surface area contributed by atoms with Crippen LogP contribution in [0.5, 0.6) is 0 Å². The Morgan fingerprint density at radius 1 is 1.33 bits per heavy atom. The van der Waals surface area contributed by atoms with Crippen molar-refractivity contribution < 1.29 is 19.5 Å². The van der Waals surface area contributed by atoms with Gasteiger partial charge in [-0.05, 0) is 0 Å². The molecule has 0 aliphatic heterocycles. The molecule has 50 valence electrons. The van der Waals surface area contributed by atoms with E-state index in [4.69, 9.17) is 0 Å². The maximum Gasteiger partial charge on any atom is 0 e. The third kappa shape index (κ3) is 2.37. The fourth-order valence-corrected chi connectivity index (χ4v) is 1.67. The standard InChI is InChI=1S/C8H15.Zn/c1-3-8-6-4-5-7(8)2;/h3,7-8H,4-6H2,1-2H3;/q-1;. The van der Waals surface area contributed by atoms with Gasteiger partial charge in [-0.15, -0.1) is 0 Å². The molecule has 0 amide bonds. The molecule has 0 heterocycles. The van der Waals surface area contributed by atoms with Crippen LogP contribution >= 0.6 is 0 Å². The quantitative estimate of drug-likeness (QED) is 0.426. The molecule has 2 atom stereocenters. The zero-order valence-electron chi connectivity index (χ0n) is 6.56. The summed E-state index contributed by atoms with van der Waals surface area (Å²) in [5.41, 5.74) is 0. The minimum absolute atomic E-state index is 0. The van der Waals surface area contributed by atoms with Crippen molar-refractivity contribution in [3.05, 3.63) is 6.42 Å². The van der Waals surface area contributed by atoms with E-state index in [-0.39, 0.29) is 19.5 Å². The Morgan fingerprint density at radius 2 is 2.00 bits per heavy atom. The Bertz CT molecular complexity index is 71.0. The molecular formula is C8H15Zn-. The molecule has 0 bridgehead atoms. The first-order valence-corrected chi connectivity index (χ1v) is 3.64. The molecule has 0 aromatic rings. The molecule has 0 saturated heterocycles. The molecule has 0 spiro atoms. The van der Waals surface area contributed by atoms with Crippen LogP contribution in [0.2, 0.25) is 0 Å². The van der Waals surface area contributed by atoms with Gasteiger partial charge in [0.25, 0.3) is 0 Å². The smallest absolute Gasteiger partial charge is 0 e. The van der Waals surface area contributed by atoms with Gasteiger partial charge >= 0.3 is 0 Å². The molecule has 0 N–H and O–H groups in total. The summed E-state index contributed by atoms with van der Waals surface area (Å²) >= 11 is 0. The van der Waals surface area contributed by atoms with Crippen molar-refractivity contribution in [2.24, 2.45) is 11.8 Å². The molecule has 1 fully saturated rings. The Kier molecular flexibility index (Phi) is 4.75. The van der Waals surface area contributed by atoms with Crippen LogP contribution in [0.25, 0.3) is 0 Å². The first-order valence-electron chi connectivity index (χ1n) is 3.64. The maximum absolute atomic E-state index is 2.36. The zero-order chi connectivity index (χ0) is 5.98. The molecule has 1 heteroatoms. The van der Waals surface area contributed by atoms with Crippen molar-refractivity contribution in [3.8, 4) is 0 Å². The second kappa shape index (κ2) is 4.44. The number of rotatable bonds is 1. The van der Waals surface area contributed by atoms with E-state index >= 15 is 0 Å². The Labute approximate surface area is 71.2 Å². The third-order valence-electron chi connectivity index (χ3n) is 2.36. The van der Waals surface area contributed by atoms with Crippen LogP contribution in [-0.2, 0) is 19.5 Å². The first-order chi connectivity index (χ1) is 3.84. The molecule has 2 unspecified atom stereocenters. The van der Waals surface area contributed by atoms with Crippen molar-refractivity contribution in [2.75, 3.05) is 0 Å². The van der Waals surface area contributed by atoms with Crippen LogP contribution in [0, 0.1) is 18.3 Å². The summed E-state index contributed by atoms with van der Waals surface area (Å²) in [6, 6.07) is 0. The normalized spacial score (nSPS) is 34.0. The van der Waals surface area contributed by atoms with Crippen molar-refractivity contribution in [1.82, 2.24) is 0 Å². The summed E-state index contributed by atoms with van der Waals surface area (Å²) in [5, 5.41) is 0. The van der Waals surface area contributed by atoms with Gasteiger partial charge in [0, 0.05) is 19.5 Å². The van der Waals surface area contributed by atoms with E-state index < -0.39 is 0 Å². The zero-order valence-corrected chi connectivity index (χ0v) is 9.53. The average molecular weight is 177 g/mol. The van der Waals surface area contributed by atoms with Crippen molar-refractivity contribution in [1.29, 1.82) is 0 Å². The molecular weight excluding hydrogens is 161 g/mol. The SMILES string of the molecule is C[CH-]C1CCCC1C.[Zn]. The Balaban J connectivity index is 0.000000640. The third-order valence-corrected chi connectivity index (χ3v) is 2.36. The Hall–Kier alpha value is 0.623. The van der Waals surface area contributed by atoms with E-state index in [1.165, 1.54) is 19.3 Å². The molecule has 0 aromatic heterocycles. The number of hydrogen-bond acceptors (Lipinski definition) is 0. The largest absolute Gasteiger partial charge is 0.328 e. The molecule has 1 rings (SSSR count). The second-order valence-electron chi connectivity index (χ2n) is 2.91. The van der Waals surface area contributed by atoms with Crippen molar-refractivity contribution >= 4 is 0 Å². The van der Waals surface area contributed by atoms with E-state index in [0.717, 1.165) is 11.8 Å². The molecule has 1 aliphatic carbocycles. The van der Waals surface area contributed by atoms with Gasteiger partial charge in [0.1, 0.15) is 0 Å². The summed E-state index contributed by atoms with van der Waals surface area (Å²) in [6.07, 6.45) is 6.71. The minimum atomic E-state index is 0. The van der Waals surface area contributed by atoms with E-state index in [9.17, 15) is 0 Å². The van der Waals surface area contributed by atoms with Crippen LogP contribution in [0.3, 0.4) is 0 Å². The van der Waals surface area contributed by atoms with Crippen LogP contribution in [0.1, 0.15) is 33.1 Å². The topological polar surface area (TPSA) is 0 Å². The number of hydrogen-bond donors (Lipinski definition) is 0. The summed E-state index contributed by atoms with van der Waals surface area (Å²) in [4.78, 5) is 0. The van der Waals surface area contributed by atoms with E-state index in [0.29, 0.717) is 0 Å². The van der Waals surface area contributed by atoms with E-state index in [2.05, 4.69) is 20.3 Å². The van der Waals surface area contributed by atoms with Gasteiger partial charge in [0.05, 0.1) is 0 Å². The maximum atomic E-state index is 2.36. The fourth-order valence-electron chi connectivity index (χ4n) is 1.67. The molecule has 0 aromatic carbocycles. The van der Waals surface area contributed by atoms with Crippen LogP contribution in [-0.4, -0.2) is 0 Å². The van der Waals surface area contributed by atoms with E-state index in [1.54, 1.807) is 0 Å². The summed E-state index contributed by atoms with van der Waals surface area (Å²) in [5.74, 6) is 1.91. The van der Waals surface area contributed by atoms with Crippen molar-refractivity contribution in [2.45, 2.75) is 33.1 Å². The summed E-state index contributed by atoms with van der Waals surface area (Å²) in [6.45, 7) is 4.55. The fraction of sp³-hybridized carbons (Fsp3) is 0.875. The van der Waals surface area contributed by atoms with E-state index in [1.807, 2.05) is 0 Å².